The lowest BCUT2D eigenvalue weighted by Crippen LogP contribution is -2.37. The first-order valence-electron chi connectivity index (χ1n) is 8.27. The summed E-state index contributed by atoms with van der Waals surface area (Å²) in [5.41, 5.74) is 1.17. The summed E-state index contributed by atoms with van der Waals surface area (Å²) in [6, 6.07) is 6.32. The summed E-state index contributed by atoms with van der Waals surface area (Å²) < 4.78 is 24.0. The number of fused-ring (bicyclic) bond motifs is 1. The fourth-order valence-electron chi connectivity index (χ4n) is 3.10. The van der Waals surface area contributed by atoms with Crippen molar-refractivity contribution < 1.29 is 27.9 Å². The van der Waals surface area contributed by atoms with E-state index < -0.39 is 21.7 Å². The summed E-state index contributed by atoms with van der Waals surface area (Å²) >= 11 is 1.22. The largest absolute Gasteiger partial charge is 0.481 e. The van der Waals surface area contributed by atoms with Crippen LogP contribution in [-0.2, 0) is 19.4 Å². The van der Waals surface area contributed by atoms with Gasteiger partial charge < -0.3 is 10.0 Å². The molecule has 0 unspecified atom stereocenters. The first kappa shape index (κ1) is 19.6. The van der Waals surface area contributed by atoms with E-state index in [9.17, 15) is 22.8 Å². The fraction of sp³-hybridized carbons (Fsp3) is 0.412. The third-order valence-electron chi connectivity index (χ3n) is 4.39. The zero-order chi connectivity index (χ0) is 19.8. The van der Waals surface area contributed by atoms with Crippen LogP contribution in [0, 0.1) is 0 Å². The summed E-state index contributed by atoms with van der Waals surface area (Å²) in [4.78, 5) is 39.9. The smallest absolute Gasteiger partial charge is 0.303 e. The standard InChI is InChI=1S/C17H18N2O6S2/c1-10(20)11-2-4-12(5-3-11)19-13-8-27(24,25)9-14(13)26-17(19)18-15(21)6-7-16(22)23/h2-5,13-14H,6-9H2,1H3,(H,22,23)/t13-,14+/m1/s1. The highest BCUT2D eigenvalue weighted by molar-refractivity contribution is 8.16. The molecule has 2 saturated heterocycles. The first-order valence-corrected chi connectivity index (χ1v) is 11.0. The molecule has 0 bridgehead atoms. The lowest BCUT2D eigenvalue weighted by Gasteiger charge is -2.24. The second-order valence-corrected chi connectivity index (χ2v) is 9.82. The van der Waals surface area contributed by atoms with Crippen LogP contribution in [-0.4, -0.2) is 59.1 Å². The number of amidine groups is 1. The molecule has 1 N–H and O–H groups in total. The van der Waals surface area contributed by atoms with Crippen molar-refractivity contribution in [2.24, 2.45) is 4.99 Å². The van der Waals surface area contributed by atoms with Gasteiger partial charge in [0.2, 0.25) is 5.91 Å². The van der Waals surface area contributed by atoms with Gasteiger partial charge in [0.25, 0.3) is 0 Å². The van der Waals surface area contributed by atoms with Gasteiger partial charge in [-0.15, -0.1) is 0 Å². The second-order valence-electron chi connectivity index (χ2n) is 6.46. The zero-order valence-corrected chi connectivity index (χ0v) is 16.1. The maximum atomic E-state index is 12.0. The van der Waals surface area contributed by atoms with Crippen LogP contribution in [0.15, 0.2) is 29.3 Å². The minimum Gasteiger partial charge on any atom is -0.481 e. The normalized spacial score (nSPS) is 24.8. The number of ketones is 1. The molecule has 3 rings (SSSR count). The number of aliphatic imine (C=N–C) groups is 1. The summed E-state index contributed by atoms with van der Waals surface area (Å²) in [7, 11) is -3.18. The second kappa shape index (κ2) is 7.43. The van der Waals surface area contributed by atoms with Gasteiger partial charge in [0, 0.05) is 22.9 Å². The maximum absolute atomic E-state index is 12.0. The SMILES string of the molecule is CC(=O)c1ccc(N2C(=NC(=O)CCC(=O)O)S[C@H]3CS(=O)(=O)C[C@H]32)cc1. The van der Waals surface area contributed by atoms with E-state index in [1.807, 2.05) is 0 Å². The van der Waals surface area contributed by atoms with Gasteiger partial charge >= 0.3 is 5.97 Å². The number of nitrogens with zero attached hydrogens (tertiary/aromatic N) is 2. The van der Waals surface area contributed by atoms with Gasteiger partial charge in [-0.25, -0.2) is 8.42 Å². The number of sulfone groups is 1. The zero-order valence-electron chi connectivity index (χ0n) is 14.5. The molecule has 1 aromatic carbocycles. The number of amides is 1. The monoisotopic (exact) mass is 410 g/mol. The van der Waals surface area contributed by atoms with Crippen LogP contribution in [0.5, 0.6) is 0 Å². The molecule has 1 aromatic rings. The van der Waals surface area contributed by atoms with Crippen LogP contribution < -0.4 is 4.90 Å². The molecule has 144 valence electrons. The van der Waals surface area contributed by atoms with Gasteiger partial charge in [0.05, 0.1) is 24.0 Å². The summed E-state index contributed by atoms with van der Waals surface area (Å²) in [6.07, 6.45) is -0.529. The molecule has 0 radical (unpaired) electrons. The predicted octanol–water partition coefficient (Wildman–Crippen LogP) is 1.36. The Labute approximate surface area is 160 Å². The Bertz CT molecular complexity index is 923. The van der Waals surface area contributed by atoms with Crippen molar-refractivity contribution in [1.82, 2.24) is 0 Å². The van der Waals surface area contributed by atoms with E-state index in [-0.39, 0.29) is 41.4 Å². The van der Waals surface area contributed by atoms with E-state index in [0.29, 0.717) is 16.4 Å². The van der Waals surface area contributed by atoms with Crippen molar-refractivity contribution in [3.8, 4) is 0 Å². The number of carbonyl (C=O) groups is 3. The highest BCUT2D eigenvalue weighted by Crippen LogP contribution is 2.41. The Hall–Kier alpha value is -2.20. The number of hydrogen-bond acceptors (Lipinski definition) is 6. The number of carbonyl (C=O) groups excluding carboxylic acids is 2. The van der Waals surface area contributed by atoms with E-state index in [0.717, 1.165) is 0 Å². The third-order valence-corrected chi connectivity index (χ3v) is 7.60. The van der Waals surface area contributed by atoms with E-state index in [1.165, 1.54) is 18.7 Å². The minimum absolute atomic E-state index is 0.00665. The number of anilines is 1. The van der Waals surface area contributed by atoms with Gasteiger partial charge in [0.1, 0.15) is 0 Å². The summed E-state index contributed by atoms with van der Waals surface area (Å²) in [6.45, 7) is 1.45. The van der Waals surface area contributed by atoms with Gasteiger partial charge in [-0.1, -0.05) is 11.8 Å². The molecule has 2 heterocycles. The number of hydrogen-bond donors (Lipinski definition) is 1. The molecule has 27 heavy (non-hydrogen) atoms. The van der Waals surface area contributed by atoms with Crippen LogP contribution in [0.25, 0.3) is 0 Å². The van der Waals surface area contributed by atoms with E-state index >= 15 is 0 Å². The number of benzene rings is 1. The van der Waals surface area contributed by atoms with E-state index in [2.05, 4.69) is 4.99 Å². The van der Waals surface area contributed by atoms with Gasteiger partial charge in [0.15, 0.2) is 20.8 Å². The molecule has 2 fully saturated rings. The van der Waals surface area contributed by atoms with Crippen LogP contribution >= 0.6 is 11.8 Å². The Morgan fingerprint density at radius 2 is 1.85 bits per heavy atom. The Morgan fingerprint density at radius 3 is 2.44 bits per heavy atom. The van der Waals surface area contributed by atoms with Crippen molar-refractivity contribution >= 4 is 50.1 Å². The average molecular weight is 410 g/mol. The Kier molecular flexibility index (Phi) is 5.38. The van der Waals surface area contributed by atoms with Crippen LogP contribution in [0.3, 0.4) is 0 Å². The Balaban J connectivity index is 1.92. The van der Waals surface area contributed by atoms with E-state index in [1.54, 1.807) is 29.2 Å². The minimum atomic E-state index is -3.18. The molecule has 0 aromatic heterocycles. The number of Topliss-reactive ketones (excluding diaryl/α,β-unsaturated/α-hetero) is 1. The molecule has 0 spiro atoms. The highest BCUT2D eigenvalue weighted by atomic mass is 32.2. The van der Waals surface area contributed by atoms with Crippen molar-refractivity contribution in [2.75, 3.05) is 16.4 Å². The topological polar surface area (TPSA) is 121 Å². The van der Waals surface area contributed by atoms with Gasteiger partial charge in [-0.3, -0.25) is 14.4 Å². The average Bonchev–Trinajstić information content (AvgIpc) is 3.03. The molecule has 2 aliphatic rings. The molecule has 0 saturated carbocycles. The van der Waals surface area contributed by atoms with Crippen molar-refractivity contribution in [3.05, 3.63) is 29.8 Å². The maximum Gasteiger partial charge on any atom is 0.303 e. The molecule has 8 nitrogen and oxygen atoms in total. The molecule has 2 aliphatic heterocycles. The van der Waals surface area contributed by atoms with Gasteiger partial charge in [-0.05, 0) is 31.2 Å². The third kappa shape index (κ3) is 4.38. The number of carboxylic acid groups (broad SMARTS) is 1. The Morgan fingerprint density at radius 1 is 1.19 bits per heavy atom. The first-order chi connectivity index (χ1) is 12.7. The molecular formula is C17H18N2O6S2. The summed E-state index contributed by atoms with van der Waals surface area (Å²) in [5, 5.41) is 8.83. The number of thioether (sulfide) groups is 1. The van der Waals surface area contributed by atoms with Crippen molar-refractivity contribution in [1.29, 1.82) is 0 Å². The molecule has 10 heteroatoms. The predicted molar refractivity (Wildman–Crippen MR) is 102 cm³/mol. The number of carboxylic acids is 1. The van der Waals surface area contributed by atoms with E-state index in [4.69, 9.17) is 5.11 Å². The van der Waals surface area contributed by atoms with Crippen LogP contribution in [0.2, 0.25) is 0 Å². The lowest BCUT2D eigenvalue weighted by atomic mass is 10.1. The van der Waals surface area contributed by atoms with Gasteiger partial charge in [-0.2, -0.15) is 4.99 Å². The summed E-state index contributed by atoms with van der Waals surface area (Å²) in [5.74, 6) is -1.76. The quantitative estimate of drug-likeness (QED) is 0.722. The highest BCUT2D eigenvalue weighted by Gasteiger charge is 2.49. The van der Waals surface area contributed by atoms with Crippen LogP contribution in [0.4, 0.5) is 5.69 Å². The molecular weight excluding hydrogens is 392 g/mol. The number of rotatable bonds is 5. The fourth-order valence-corrected chi connectivity index (χ4v) is 7.03. The van der Waals surface area contributed by atoms with Crippen molar-refractivity contribution in [2.45, 2.75) is 31.1 Å². The molecule has 0 aliphatic carbocycles. The lowest BCUT2D eigenvalue weighted by molar-refractivity contribution is -0.138. The van der Waals surface area contributed by atoms with Crippen LogP contribution in [0.1, 0.15) is 30.1 Å². The molecule has 2 atom stereocenters. The van der Waals surface area contributed by atoms with Crippen molar-refractivity contribution in [3.63, 3.8) is 0 Å². The molecule has 1 amide bonds. The number of aliphatic carboxylic acids is 1.